The van der Waals surface area contributed by atoms with Crippen LogP contribution >= 0.6 is 0 Å². The van der Waals surface area contributed by atoms with Gasteiger partial charge in [0.25, 0.3) is 20.0 Å². The van der Waals surface area contributed by atoms with Gasteiger partial charge in [0, 0.05) is 0 Å². The summed E-state index contributed by atoms with van der Waals surface area (Å²) in [5.41, 5.74) is 0.324. The molecule has 30 heavy (non-hydrogen) atoms. The average Bonchev–Trinajstić information content (AvgIpc) is 3.30. The van der Waals surface area contributed by atoms with Crippen molar-refractivity contribution in [1.82, 2.24) is 20.2 Å². The Hall–Kier alpha value is -3.57. The fraction of sp³-hybridized carbons (Fsp3) is 0. The molecule has 9 nitrogen and oxygen atoms in total. The number of hydrogen-bond donors (Lipinski definition) is 0. The highest BCUT2D eigenvalue weighted by Crippen LogP contribution is 2.31. The first kappa shape index (κ1) is 19.7. The predicted octanol–water partition coefficient (Wildman–Crippen LogP) is 2.25. The highest BCUT2D eigenvalue weighted by Gasteiger charge is 2.37. The molecule has 4 aromatic rings. The molecule has 0 amide bonds. The first-order chi connectivity index (χ1) is 14.4. The van der Waals surface area contributed by atoms with Gasteiger partial charge < -0.3 is 0 Å². The van der Waals surface area contributed by atoms with Crippen molar-refractivity contribution >= 4 is 25.7 Å². The Kier molecular flexibility index (Phi) is 5.06. The molecule has 4 rings (SSSR count). The Balaban J connectivity index is 1.95. The number of rotatable bonds is 6. The summed E-state index contributed by atoms with van der Waals surface area (Å²) in [5.74, 6) is 0. The SMILES string of the molecule is O=S(=O)(c1ccccc1)N(c1cccc(-n2cnnn2)c1)S(=O)(=O)c1ccccc1. The van der Waals surface area contributed by atoms with Gasteiger partial charge in [-0.05, 0) is 52.9 Å². The van der Waals surface area contributed by atoms with Crippen LogP contribution in [0.15, 0.2) is 101 Å². The number of nitrogens with zero attached hydrogens (tertiary/aromatic N) is 5. The highest BCUT2D eigenvalue weighted by atomic mass is 32.3. The Bertz CT molecular complexity index is 1290. The van der Waals surface area contributed by atoms with Crippen LogP contribution in [-0.2, 0) is 20.0 Å². The first-order valence-corrected chi connectivity index (χ1v) is 11.5. The lowest BCUT2D eigenvalue weighted by atomic mass is 10.3. The number of benzene rings is 3. The minimum Gasteiger partial charge on any atom is -0.200 e. The summed E-state index contributed by atoms with van der Waals surface area (Å²) >= 11 is 0. The second-order valence-electron chi connectivity index (χ2n) is 6.11. The smallest absolute Gasteiger partial charge is 0.200 e. The van der Waals surface area contributed by atoms with Crippen LogP contribution in [-0.4, -0.2) is 37.0 Å². The predicted molar refractivity (Wildman–Crippen MR) is 109 cm³/mol. The maximum atomic E-state index is 13.5. The molecule has 152 valence electrons. The van der Waals surface area contributed by atoms with E-state index in [2.05, 4.69) is 15.5 Å². The van der Waals surface area contributed by atoms with Crippen molar-refractivity contribution in [2.45, 2.75) is 9.79 Å². The van der Waals surface area contributed by atoms with E-state index in [1.807, 2.05) is 0 Å². The minimum absolute atomic E-state index is 0.0734. The fourth-order valence-electron chi connectivity index (χ4n) is 2.81. The van der Waals surface area contributed by atoms with Crippen LogP contribution in [0.3, 0.4) is 0 Å². The zero-order valence-electron chi connectivity index (χ0n) is 15.3. The molecular formula is C19H15N5O4S2. The quantitative estimate of drug-likeness (QED) is 0.451. The number of aromatic nitrogens is 4. The number of anilines is 1. The van der Waals surface area contributed by atoms with Gasteiger partial charge in [0.05, 0.1) is 21.2 Å². The molecule has 1 aromatic heterocycles. The van der Waals surface area contributed by atoms with Crippen LogP contribution in [0.4, 0.5) is 5.69 Å². The largest absolute Gasteiger partial charge is 0.277 e. The van der Waals surface area contributed by atoms with E-state index in [1.54, 1.807) is 18.2 Å². The molecule has 0 aliphatic carbocycles. The molecule has 0 atom stereocenters. The van der Waals surface area contributed by atoms with Gasteiger partial charge in [-0.3, -0.25) is 0 Å². The molecule has 0 aliphatic heterocycles. The summed E-state index contributed by atoms with van der Waals surface area (Å²) < 4.78 is 55.5. The van der Waals surface area contributed by atoms with E-state index < -0.39 is 20.0 Å². The molecule has 0 N–H and O–H groups in total. The third-order valence-electron chi connectivity index (χ3n) is 4.17. The second kappa shape index (κ2) is 7.69. The van der Waals surface area contributed by atoms with Gasteiger partial charge in [-0.15, -0.1) is 5.10 Å². The van der Waals surface area contributed by atoms with Gasteiger partial charge in [0.1, 0.15) is 6.33 Å². The van der Waals surface area contributed by atoms with Crippen molar-refractivity contribution in [3.8, 4) is 5.69 Å². The summed E-state index contributed by atoms with van der Waals surface area (Å²) in [7, 11) is -8.92. The summed E-state index contributed by atoms with van der Waals surface area (Å²) in [5, 5.41) is 10.9. The summed E-state index contributed by atoms with van der Waals surface area (Å²) in [6.45, 7) is 0. The van der Waals surface area contributed by atoms with E-state index in [1.165, 1.54) is 77.7 Å². The van der Waals surface area contributed by atoms with Crippen LogP contribution < -0.4 is 3.71 Å². The van der Waals surface area contributed by atoms with Crippen LogP contribution in [0.5, 0.6) is 0 Å². The number of hydrogen-bond acceptors (Lipinski definition) is 7. The van der Waals surface area contributed by atoms with Crippen molar-refractivity contribution in [2.24, 2.45) is 0 Å². The van der Waals surface area contributed by atoms with E-state index >= 15 is 0 Å². The van der Waals surface area contributed by atoms with E-state index in [0.717, 1.165) is 0 Å². The average molecular weight is 441 g/mol. The Morgan fingerprint density at radius 2 is 1.27 bits per heavy atom. The minimum atomic E-state index is -4.46. The topological polar surface area (TPSA) is 115 Å². The zero-order chi connectivity index (χ0) is 21.2. The van der Waals surface area contributed by atoms with Crippen molar-refractivity contribution in [1.29, 1.82) is 0 Å². The van der Waals surface area contributed by atoms with E-state index in [0.29, 0.717) is 9.40 Å². The Morgan fingerprint density at radius 1 is 0.700 bits per heavy atom. The fourth-order valence-corrected chi connectivity index (χ4v) is 6.53. The molecule has 11 heteroatoms. The van der Waals surface area contributed by atoms with Crippen molar-refractivity contribution in [3.63, 3.8) is 0 Å². The molecule has 0 aliphatic rings. The molecule has 0 saturated heterocycles. The molecule has 0 spiro atoms. The lowest BCUT2D eigenvalue weighted by Crippen LogP contribution is -2.37. The molecule has 0 bridgehead atoms. The molecule has 3 aromatic carbocycles. The monoisotopic (exact) mass is 441 g/mol. The summed E-state index contributed by atoms with van der Waals surface area (Å²) in [4.78, 5) is -0.310. The van der Waals surface area contributed by atoms with E-state index in [9.17, 15) is 16.8 Å². The normalized spacial score (nSPS) is 11.9. The standard InChI is InChI=1S/C19H15N5O4S2/c25-29(26,18-10-3-1-4-11-18)24(30(27,28)19-12-5-2-6-13-19)17-9-7-8-16(14-17)23-15-20-21-22-23/h1-15H. The zero-order valence-corrected chi connectivity index (χ0v) is 17.0. The van der Waals surface area contributed by atoms with Gasteiger partial charge in [0.15, 0.2) is 0 Å². The van der Waals surface area contributed by atoms with Gasteiger partial charge >= 0.3 is 0 Å². The summed E-state index contributed by atoms with van der Waals surface area (Å²) in [6.07, 6.45) is 1.32. The van der Waals surface area contributed by atoms with Gasteiger partial charge in [-0.1, -0.05) is 42.5 Å². The van der Waals surface area contributed by atoms with Gasteiger partial charge in [-0.25, -0.2) is 21.5 Å². The van der Waals surface area contributed by atoms with Gasteiger partial charge in [0.2, 0.25) is 0 Å². The van der Waals surface area contributed by atoms with Crippen molar-refractivity contribution in [3.05, 3.63) is 91.3 Å². The number of sulfonamides is 2. The third-order valence-corrected chi connectivity index (χ3v) is 8.38. The molecular weight excluding hydrogens is 426 g/mol. The lowest BCUT2D eigenvalue weighted by Gasteiger charge is -2.24. The number of tetrazole rings is 1. The second-order valence-corrected chi connectivity index (χ2v) is 9.91. The molecule has 0 unspecified atom stereocenters. The van der Waals surface area contributed by atoms with Crippen LogP contribution in [0.25, 0.3) is 5.69 Å². The van der Waals surface area contributed by atoms with Gasteiger partial charge in [-0.2, -0.15) is 3.71 Å². The van der Waals surface area contributed by atoms with E-state index in [-0.39, 0.29) is 15.5 Å². The van der Waals surface area contributed by atoms with Crippen molar-refractivity contribution < 1.29 is 16.8 Å². The summed E-state index contributed by atoms with van der Waals surface area (Å²) in [6, 6.07) is 20.7. The Labute approximate surface area is 173 Å². The third kappa shape index (κ3) is 3.55. The van der Waals surface area contributed by atoms with E-state index in [4.69, 9.17) is 0 Å². The lowest BCUT2D eigenvalue weighted by molar-refractivity contribution is 0.584. The molecule has 0 saturated carbocycles. The molecule has 0 fully saturated rings. The molecule has 1 heterocycles. The van der Waals surface area contributed by atoms with Crippen LogP contribution in [0, 0.1) is 0 Å². The highest BCUT2D eigenvalue weighted by molar-refractivity contribution is 8.10. The molecule has 0 radical (unpaired) electrons. The first-order valence-electron chi connectivity index (χ1n) is 8.65. The van der Waals surface area contributed by atoms with Crippen LogP contribution in [0.1, 0.15) is 0 Å². The Morgan fingerprint density at radius 3 is 1.77 bits per heavy atom. The maximum Gasteiger partial charge on any atom is 0.277 e. The maximum absolute atomic E-state index is 13.5. The van der Waals surface area contributed by atoms with Crippen molar-refractivity contribution in [2.75, 3.05) is 3.71 Å². The van der Waals surface area contributed by atoms with Crippen LogP contribution in [0.2, 0.25) is 0 Å².